The molecule has 1 unspecified atom stereocenters. The van der Waals surface area contributed by atoms with Gasteiger partial charge >= 0.3 is 0 Å². The Morgan fingerprint density at radius 1 is 1.02 bits per heavy atom. The van der Waals surface area contributed by atoms with Gasteiger partial charge in [-0.2, -0.15) is 0 Å². The van der Waals surface area contributed by atoms with Crippen molar-refractivity contribution in [3.63, 3.8) is 0 Å². The number of terminal acetylenes is 1. The molecule has 0 saturated carbocycles. The van der Waals surface area contributed by atoms with Gasteiger partial charge in [0.25, 0.3) is 5.91 Å². The number of carbonyl (C=O) groups excluding carboxylic acids is 1. The smallest absolute Gasteiger partial charge is 0.254 e. The van der Waals surface area contributed by atoms with Gasteiger partial charge in [-0.25, -0.2) is 0 Å². The lowest BCUT2D eigenvalue weighted by Crippen LogP contribution is -2.36. The van der Waals surface area contributed by atoms with Gasteiger partial charge in [0, 0.05) is 41.8 Å². The van der Waals surface area contributed by atoms with Gasteiger partial charge in [0.05, 0.1) is 20.8 Å². The van der Waals surface area contributed by atoms with Crippen molar-refractivity contribution in [2.24, 2.45) is 0 Å². The average Bonchev–Trinajstić information content (AvgIpc) is 3.03. The number of carbonyl (C=O) groups is 1. The third kappa shape index (κ3) is 7.33. The Morgan fingerprint density at radius 3 is 2.47 bits per heavy atom. The Kier molecular flexibility index (Phi) is 10.3. The minimum absolute atomic E-state index is 0.0618. The van der Waals surface area contributed by atoms with E-state index in [0.717, 1.165) is 60.1 Å². The zero-order valence-electron chi connectivity index (χ0n) is 24.6. The molecule has 4 aromatic carbocycles. The molecular weight excluding hydrogens is 595 g/mol. The molecule has 7 heteroatoms. The summed E-state index contributed by atoms with van der Waals surface area (Å²) in [5.74, 6) is 3.11. The second-order valence-corrected chi connectivity index (χ2v) is 13.5. The molecule has 0 spiro atoms. The molecule has 1 saturated heterocycles. The van der Waals surface area contributed by atoms with Gasteiger partial charge in [0.15, 0.2) is 0 Å². The number of piperidine rings is 1. The van der Waals surface area contributed by atoms with Crippen molar-refractivity contribution >= 4 is 50.7 Å². The minimum atomic E-state index is -0.995. The van der Waals surface area contributed by atoms with Gasteiger partial charge in [0.2, 0.25) is 0 Å². The van der Waals surface area contributed by atoms with E-state index in [-0.39, 0.29) is 11.8 Å². The quantitative estimate of drug-likeness (QED) is 0.176. The molecular formula is C36H36Cl2N2O2S. The highest BCUT2D eigenvalue weighted by Gasteiger charge is 2.26. The Hall–Kier alpha value is -3.14. The SMILES string of the molecule is C#Cc1cc(C(=O)N(C)C[C@@H](CCN2CCC(c3ccccc3S(C)=O)CC2)c2ccc(Cl)c(Cl)c2)c2ccccc2c1. The number of fused-ring (bicyclic) bond motifs is 1. The van der Waals surface area contributed by atoms with Crippen LogP contribution >= 0.6 is 23.2 Å². The molecule has 2 atom stereocenters. The maximum Gasteiger partial charge on any atom is 0.254 e. The predicted octanol–water partition coefficient (Wildman–Crippen LogP) is 7.99. The largest absolute Gasteiger partial charge is 0.341 e. The summed E-state index contributed by atoms with van der Waals surface area (Å²) in [5, 5.41) is 2.87. The summed E-state index contributed by atoms with van der Waals surface area (Å²) in [6.45, 7) is 3.38. The van der Waals surface area contributed by atoms with Crippen LogP contribution in [-0.2, 0) is 10.8 Å². The van der Waals surface area contributed by atoms with E-state index in [9.17, 15) is 9.00 Å². The molecule has 0 bridgehead atoms. The van der Waals surface area contributed by atoms with Crippen molar-refractivity contribution in [3.05, 3.63) is 111 Å². The number of likely N-dealkylation sites (tertiary alicyclic amines) is 1. The van der Waals surface area contributed by atoms with Gasteiger partial charge < -0.3 is 9.80 Å². The molecule has 222 valence electrons. The molecule has 1 amide bonds. The highest BCUT2D eigenvalue weighted by molar-refractivity contribution is 7.84. The van der Waals surface area contributed by atoms with Gasteiger partial charge in [-0.3, -0.25) is 9.00 Å². The monoisotopic (exact) mass is 630 g/mol. The first-order valence-corrected chi connectivity index (χ1v) is 16.9. The van der Waals surface area contributed by atoms with E-state index in [0.29, 0.717) is 33.6 Å². The standard InChI is InChI=1S/C36H36Cl2N2O2S/c1-4-25-21-28-9-5-6-10-30(28)32(22-25)36(41)39(2)24-29(27-13-14-33(37)34(38)23-27)17-20-40-18-15-26(16-19-40)31-11-7-8-12-35(31)43(3)42/h1,5-14,21-23,26,29H,15-20,24H2,2-3H3/t29-,43?/m1/s1. The molecule has 0 aromatic heterocycles. The molecule has 0 radical (unpaired) electrons. The summed E-state index contributed by atoms with van der Waals surface area (Å²) in [4.78, 5) is 19.1. The number of likely N-dealkylation sites (N-methyl/N-ethyl adjacent to an activating group) is 1. The molecule has 4 aromatic rings. The fraction of sp³-hybridized carbons (Fsp3) is 0.306. The number of nitrogens with zero attached hydrogens (tertiary/aromatic N) is 2. The topological polar surface area (TPSA) is 40.6 Å². The summed E-state index contributed by atoms with van der Waals surface area (Å²) in [6.07, 6.45) is 10.4. The molecule has 43 heavy (non-hydrogen) atoms. The molecule has 1 aliphatic heterocycles. The van der Waals surface area contributed by atoms with E-state index in [1.165, 1.54) is 5.56 Å². The van der Waals surface area contributed by atoms with Crippen LogP contribution in [0, 0.1) is 12.3 Å². The van der Waals surface area contributed by atoms with Crippen LogP contribution in [0.1, 0.15) is 58.1 Å². The lowest BCUT2D eigenvalue weighted by Gasteiger charge is -2.34. The van der Waals surface area contributed by atoms with Crippen molar-refractivity contribution in [1.29, 1.82) is 0 Å². The Morgan fingerprint density at radius 2 is 1.74 bits per heavy atom. The molecule has 1 fully saturated rings. The van der Waals surface area contributed by atoms with Crippen molar-refractivity contribution in [1.82, 2.24) is 9.80 Å². The third-order valence-corrected chi connectivity index (χ3v) is 10.3. The number of halogens is 2. The third-order valence-electron chi connectivity index (χ3n) is 8.56. The first-order chi connectivity index (χ1) is 20.7. The number of amides is 1. The number of benzene rings is 4. The summed E-state index contributed by atoms with van der Waals surface area (Å²) in [5.41, 5.74) is 3.58. The number of rotatable bonds is 9. The van der Waals surface area contributed by atoms with Crippen LogP contribution in [0.3, 0.4) is 0 Å². The summed E-state index contributed by atoms with van der Waals surface area (Å²) >= 11 is 12.7. The van der Waals surface area contributed by atoms with Gasteiger partial charge in [-0.05, 0) is 97.0 Å². The van der Waals surface area contributed by atoms with E-state index in [1.807, 2.05) is 79.8 Å². The Labute approximate surface area is 267 Å². The Bertz CT molecular complexity index is 1690. The maximum atomic E-state index is 13.8. The maximum absolute atomic E-state index is 13.8. The predicted molar refractivity (Wildman–Crippen MR) is 180 cm³/mol. The number of hydrogen-bond donors (Lipinski definition) is 0. The van der Waals surface area contributed by atoms with E-state index in [2.05, 4.69) is 16.9 Å². The van der Waals surface area contributed by atoms with E-state index in [1.54, 1.807) is 11.2 Å². The lowest BCUT2D eigenvalue weighted by atomic mass is 9.88. The fourth-order valence-electron chi connectivity index (χ4n) is 6.21. The van der Waals surface area contributed by atoms with Crippen LogP contribution in [0.25, 0.3) is 10.8 Å². The minimum Gasteiger partial charge on any atom is -0.341 e. The molecule has 0 aliphatic carbocycles. The first kappa shape index (κ1) is 31.3. The average molecular weight is 632 g/mol. The van der Waals surface area contributed by atoms with Crippen LogP contribution in [0.2, 0.25) is 10.0 Å². The second-order valence-electron chi connectivity index (χ2n) is 11.3. The van der Waals surface area contributed by atoms with Crippen LogP contribution in [0.4, 0.5) is 0 Å². The molecule has 0 N–H and O–H groups in total. The molecule has 1 aliphatic rings. The molecule has 4 nitrogen and oxygen atoms in total. The van der Waals surface area contributed by atoms with E-state index in [4.69, 9.17) is 29.6 Å². The highest BCUT2D eigenvalue weighted by atomic mass is 35.5. The van der Waals surface area contributed by atoms with Gasteiger partial charge in [-0.15, -0.1) is 6.42 Å². The van der Waals surface area contributed by atoms with Gasteiger partial charge in [0.1, 0.15) is 0 Å². The fourth-order valence-corrected chi connectivity index (χ4v) is 7.35. The first-order valence-electron chi connectivity index (χ1n) is 14.6. The van der Waals surface area contributed by atoms with E-state index >= 15 is 0 Å². The van der Waals surface area contributed by atoms with Crippen molar-refractivity contribution in [2.75, 3.05) is 39.5 Å². The Balaban J connectivity index is 1.31. The van der Waals surface area contributed by atoms with Crippen molar-refractivity contribution in [3.8, 4) is 12.3 Å². The summed E-state index contributed by atoms with van der Waals surface area (Å²) < 4.78 is 12.3. The normalized spacial score (nSPS) is 15.6. The summed E-state index contributed by atoms with van der Waals surface area (Å²) in [7, 11) is 0.857. The van der Waals surface area contributed by atoms with Crippen LogP contribution in [0.5, 0.6) is 0 Å². The molecule has 1 heterocycles. The van der Waals surface area contributed by atoms with E-state index < -0.39 is 10.8 Å². The zero-order chi connectivity index (χ0) is 30.5. The van der Waals surface area contributed by atoms with Crippen molar-refractivity contribution < 1.29 is 9.00 Å². The second kappa shape index (κ2) is 14.1. The summed E-state index contributed by atoms with van der Waals surface area (Å²) in [6, 6.07) is 25.5. The lowest BCUT2D eigenvalue weighted by molar-refractivity contribution is 0.0783. The van der Waals surface area contributed by atoms with Crippen LogP contribution < -0.4 is 0 Å². The van der Waals surface area contributed by atoms with Crippen LogP contribution in [-0.4, -0.2) is 59.4 Å². The zero-order valence-corrected chi connectivity index (χ0v) is 26.9. The number of hydrogen-bond acceptors (Lipinski definition) is 3. The van der Waals surface area contributed by atoms with Gasteiger partial charge in [-0.1, -0.05) is 77.7 Å². The highest BCUT2D eigenvalue weighted by Crippen LogP contribution is 2.33. The van der Waals surface area contributed by atoms with Crippen LogP contribution in [0.15, 0.2) is 83.8 Å². The van der Waals surface area contributed by atoms with Crippen molar-refractivity contribution in [2.45, 2.75) is 36.0 Å². The molecule has 5 rings (SSSR count).